The lowest BCUT2D eigenvalue weighted by Crippen LogP contribution is -2.43. The standard InChI is InChI=1S/C21H26N6O/c1-13(2)17-4-3-14(9-22)21(26-17)27-11-15-7-18(19(28)8-16(15)12-27)25-20-10-23-5-6-24-20/h3-6,10,13,15-16,18-19,28H,7-8,11-12H2,1-2H3,(H,24,25)/t15-,16+,18-,19-/m1/s1. The van der Waals surface area contributed by atoms with Crippen LogP contribution in [-0.2, 0) is 0 Å². The minimum atomic E-state index is -0.423. The number of pyridine rings is 1. The highest BCUT2D eigenvalue weighted by Crippen LogP contribution is 2.39. The topological polar surface area (TPSA) is 98.0 Å². The summed E-state index contributed by atoms with van der Waals surface area (Å²) < 4.78 is 0. The van der Waals surface area contributed by atoms with Crippen LogP contribution in [0.4, 0.5) is 11.6 Å². The van der Waals surface area contributed by atoms with Gasteiger partial charge in [-0.2, -0.15) is 5.26 Å². The van der Waals surface area contributed by atoms with Gasteiger partial charge < -0.3 is 15.3 Å². The van der Waals surface area contributed by atoms with Crippen LogP contribution in [0.2, 0.25) is 0 Å². The Bertz CT molecular complexity index is 865. The van der Waals surface area contributed by atoms with Gasteiger partial charge in [0, 0.05) is 31.2 Å². The molecule has 3 heterocycles. The highest BCUT2D eigenvalue weighted by molar-refractivity contribution is 5.55. The molecule has 28 heavy (non-hydrogen) atoms. The summed E-state index contributed by atoms with van der Waals surface area (Å²) in [7, 11) is 0. The van der Waals surface area contributed by atoms with E-state index in [0.29, 0.717) is 29.1 Å². The SMILES string of the molecule is CC(C)c1ccc(C#N)c(N2C[C@H]3C[C@@H](Nc4cnccn4)[C@H](O)C[C@H]3C2)n1. The first-order chi connectivity index (χ1) is 13.5. The van der Waals surface area contributed by atoms with E-state index >= 15 is 0 Å². The molecule has 2 aliphatic rings. The minimum absolute atomic E-state index is 0.0386. The zero-order valence-electron chi connectivity index (χ0n) is 16.3. The quantitative estimate of drug-likeness (QED) is 0.844. The van der Waals surface area contributed by atoms with Crippen molar-refractivity contribution >= 4 is 11.6 Å². The predicted molar refractivity (Wildman–Crippen MR) is 107 cm³/mol. The molecule has 7 nitrogen and oxygen atoms in total. The lowest BCUT2D eigenvalue weighted by Gasteiger charge is -2.35. The van der Waals surface area contributed by atoms with E-state index in [9.17, 15) is 10.4 Å². The maximum atomic E-state index is 10.7. The van der Waals surface area contributed by atoms with Crippen molar-refractivity contribution in [3.8, 4) is 6.07 Å². The first-order valence-electron chi connectivity index (χ1n) is 9.91. The summed E-state index contributed by atoms with van der Waals surface area (Å²) in [4.78, 5) is 15.4. The van der Waals surface area contributed by atoms with E-state index in [4.69, 9.17) is 4.98 Å². The molecule has 0 amide bonds. The van der Waals surface area contributed by atoms with Crippen LogP contribution in [0.15, 0.2) is 30.7 Å². The summed E-state index contributed by atoms with van der Waals surface area (Å²) in [6.45, 7) is 5.92. The van der Waals surface area contributed by atoms with Crippen molar-refractivity contribution in [3.05, 3.63) is 42.0 Å². The summed E-state index contributed by atoms with van der Waals surface area (Å²) in [6, 6.07) is 6.08. The Kier molecular flexibility index (Phi) is 5.14. The van der Waals surface area contributed by atoms with Gasteiger partial charge in [0.1, 0.15) is 17.7 Å². The Morgan fingerprint density at radius 1 is 1.21 bits per heavy atom. The third kappa shape index (κ3) is 3.65. The van der Waals surface area contributed by atoms with Crippen LogP contribution < -0.4 is 10.2 Å². The summed E-state index contributed by atoms with van der Waals surface area (Å²) in [5.74, 6) is 2.66. The molecular weight excluding hydrogens is 352 g/mol. The molecule has 146 valence electrons. The summed E-state index contributed by atoms with van der Waals surface area (Å²) in [5.41, 5.74) is 1.63. The van der Waals surface area contributed by atoms with Crippen LogP contribution in [0.25, 0.3) is 0 Å². The Morgan fingerprint density at radius 3 is 2.68 bits per heavy atom. The molecule has 0 aromatic carbocycles. The normalized spacial score (nSPS) is 26.8. The molecule has 1 aliphatic carbocycles. The number of nitrogens with zero attached hydrogens (tertiary/aromatic N) is 5. The summed E-state index contributed by atoms with van der Waals surface area (Å²) in [5, 5.41) is 23.5. The Hall–Kier alpha value is -2.72. The fourth-order valence-electron chi connectivity index (χ4n) is 4.44. The molecule has 2 fully saturated rings. The van der Waals surface area contributed by atoms with Crippen molar-refractivity contribution < 1.29 is 5.11 Å². The lowest BCUT2D eigenvalue weighted by molar-refractivity contribution is 0.0737. The number of fused-ring (bicyclic) bond motifs is 1. The lowest BCUT2D eigenvalue weighted by atomic mass is 9.77. The second-order valence-corrected chi connectivity index (χ2v) is 8.18. The third-order valence-corrected chi connectivity index (χ3v) is 5.95. The van der Waals surface area contributed by atoms with Crippen LogP contribution >= 0.6 is 0 Å². The smallest absolute Gasteiger partial charge is 0.146 e. The van der Waals surface area contributed by atoms with Crippen LogP contribution in [-0.4, -0.2) is 45.3 Å². The van der Waals surface area contributed by atoms with Crippen molar-refractivity contribution in [3.63, 3.8) is 0 Å². The van der Waals surface area contributed by atoms with Gasteiger partial charge in [-0.15, -0.1) is 0 Å². The first-order valence-corrected chi connectivity index (χ1v) is 9.91. The van der Waals surface area contributed by atoms with E-state index in [2.05, 4.69) is 40.1 Å². The predicted octanol–water partition coefficient (Wildman–Crippen LogP) is 2.55. The monoisotopic (exact) mass is 378 g/mol. The zero-order valence-corrected chi connectivity index (χ0v) is 16.3. The second-order valence-electron chi connectivity index (χ2n) is 8.18. The van der Waals surface area contributed by atoms with Crippen LogP contribution in [0.1, 0.15) is 43.9 Å². The van der Waals surface area contributed by atoms with Gasteiger partial charge >= 0.3 is 0 Å². The van der Waals surface area contributed by atoms with Gasteiger partial charge in [0.05, 0.1) is 23.9 Å². The van der Waals surface area contributed by atoms with Crippen molar-refractivity contribution in [1.29, 1.82) is 5.26 Å². The van der Waals surface area contributed by atoms with Crippen molar-refractivity contribution in [2.24, 2.45) is 11.8 Å². The van der Waals surface area contributed by atoms with Crippen LogP contribution in [0.3, 0.4) is 0 Å². The number of aliphatic hydroxyl groups is 1. The molecule has 0 spiro atoms. The van der Waals surface area contributed by atoms with Gasteiger partial charge in [0.15, 0.2) is 0 Å². The van der Waals surface area contributed by atoms with Gasteiger partial charge in [-0.25, -0.2) is 9.97 Å². The number of aromatic nitrogens is 3. The van der Waals surface area contributed by atoms with Gasteiger partial charge in [0.2, 0.25) is 0 Å². The van der Waals surface area contributed by atoms with E-state index in [0.717, 1.165) is 37.4 Å². The molecule has 7 heteroatoms. The molecule has 1 saturated carbocycles. The minimum Gasteiger partial charge on any atom is -0.391 e. The average molecular weight is 378 g/mol. The number of aliphatic hydroxyl groups excluding tert-OH is 1. The highest BCUT2D eigenvalue weighted by atomic mass is 16.3. The Morgan fingerprint density at radius 2 is 2.00 bits per heavy atom. The molecule has 2 N–H and O–H groups in total. The summed E-state index contributed by atoms with van der Waals surface area (Å²) in [6.07, 6.45) is 6.15. The number of nitrogens with one attached hydrogen (secondary N) is 1. The van der Waals surface area contributed by atoms with E-state index < -0.39 is 6.10 Å². The summed E-state index contributed by atoms with van der Waals surface area (Å²) >= 11 is 0. The zero-order chi connectivity index (χ0) is 19.7. The third-order valence-electron chi connectivity index (χ3n) is 5.95. The number of anilines is 2. The Balaban J connectivity index is 1.51. The number of hydrogen-bond acceptors (Lipinski definition) is 7. The maximum absolute atomic E-state index is 10.7. The van der Waals surface area contributed by atoms with Gasteiger partial charge in [-0.05, 0) is 42.7 Å². The fourth-order valence-corrected chi connectivity index (χ4v) is 4.44. The van der Waals surface area contributed by atoms with Crippen LogP contribution in [0, 0.1) is 23.2 Å². The van der Waals surface area contributed by atoms with Crippen molar-refractivity contribution in [1.82, 2.24) is 15.0 Å². The average Bonchev–Trinajstić information content (AvgIpc) is 3.11. The van der Waals surface area contributed by atoms with Gasteiger partial charge in [-0.1, -0.05) is 13.8 Å². The fraction of sp³-hybridized carbons (Fsp3) is 0.524. The highest BCUT2D eigenvalue weighted by Gasteiger charge is 2.42. The number of nitriles is 1. The molecule has 4 atom stereocenters. The molecule has 2 aromatic heterocycles. The number of hydrogen-bond donors (Lipinski definition) is 2. The number of rotatable bonds is 4. The van der Waals surface area contributed by atoms with Gasteiger partial charge in [0.25, 0.3) is 0 Å². The first kappa shape index (κ1) is 18.6. The molecule has 1 saturated heterocycles. The van der Waals surface area contributed by atoms with Gasteiger partial charge in [-0.3, -0.25) is 4.98 Å². The van der Waals surface area contributed by atoms with Crippen molar-refractivity contribution in [2.75, 3.05) is 23.3 Å². The molecule has 2 aromatic rings. The van der Waals surface area contributed by atoms with Crippen LogP contribution in [0.5, 0.6) is 0 Å². The van der Waals surface area contributed by atoms with E-state index in [1.165, 1.54) is 0 Å². The Labute approximate surface area is 165 Å². The largest absolute Gasteiger partial charge is 0.391 e. The van der Waals surface area contributed by atoms with E-state index in [-0.39, 0.29) is 6.04 Å². The second kappa shape index (κ2) is 7.72. The molecular formula is C21H26N6O. The molecule has 0 bridgehead atoms. The molecule has 1 aliphatic heterocycles. The molecule has 0 radical (unpaired) electrons. The van der Waals surface area contributed by atoms with E-state index in [1.54, 1.807) is 18.6 Å². The van der Waals surface area contributed by atoms with E-state index in [1.807, 2.05) is 12.1 Å². The van der Waals surface area contributed by atoms with Crippen molar-refractivity contribution in [2.45, 2.75) is 44.8 Å². The molecule has 0 unspecified atom stereocenters. The maximum Gasteiger partial charge on any atom is 0.146 e. The molecule has 4 rings (SSSR count).